The number of carbonyl (C=O) groups is 3. The van der Waals surface area contributed by atoms with E-state index in [4.69, 9.17) is 0 Å². The molecule has 4 amide bonds. The number of urea groups is 1. The molecule has 1 heterocycles. The highest BCUT2D eigenvalue weighted by Crippen LogP contribution is 2.13. The zero-order valence-electron chi connectivity index (χ0n) is 14.1. The second kappa shape index (κ2) is 10.00. The van der Waals surface area contributed by atoms with Crippen molar-refractivity contribution in [2.75, 3.05) is 23.7 Å². The highest BCUT2D eigenvalue weighted by Gasteiger charge is 2.07. The lowest BCUT2D eigenvalue weighted by atomic mass is 10.2. The minimum atomic E-state index is -0.331. The number of amides is 4. The SMILES string of the molecule is C=CCNC(=O)Nc1ccc(NC(=O)CCNC(=O)c2ccsc2)cc1. The van der Waals surface area contributed by atoms with Crippen LogP contribution in [0, 0.1) is 0 Å². The van der Waals surface area contributed by atoms with Gasteiger partial charge in [0.2, 0.25) is 5.91 Å². The Balaban J connectivity index is 1.72. The number of rotatable bonds is 8. The minimum Gasteiger partial charge on any atom is -0.351 e. The fourth-order valence-corrected chi connectivity index (χ4v) is 2.62. The van der Waals surface area contributed by atoms with Crippen molar-refractivity contribution < 1.29 is 14.4 Å². The topological polar surface area (TPSA) is 99.3 Å². The Morgan fingerprint density at radius 3 is 2.31 bits per heavy atom. The van der Waals surface area contributed by atoms with Crippen molar-refractivity contribution in [3.8, 4) is 0 Å². The second-order valence-electron chi connectivity index (χ2n) is 5.27. The molecule has 0 saturated heterocycles. The molecule has 4 N–H and O–H groups in total. The highest BCUT2D eigenvalue weighted by molar-refractivity contribution is 7.08. The zero-order chi connectivity index (χ0) is 18.8. The number of anilines is 2. The molecule has 0 aliphatic heterocycles. The lowest BCUT2D eigenvalue weighted by Crippen LogP contribution is -2.28. The van der Waals surface area contributed by atoms with Crippen LogP contribution >= 0.6 is 11.3 Å². The van der Waals surface area contributed by atoms with E-state index in [2.05, 4.69) is 27.8 Å². The average molecular weight is 372 g/mol. The Kier molecular flexibility index (Phi) is 7.38. The first-order chi connectivity index (χ1) is 12.6. The maximum absolute atomic E-state index is 11.9. The van der Waals surface area contributed by atoms with Crippen molar-refractivity contribution in [3.05, 3.63) is 59.3 Å². The summed E-state index contributed by atoms with van der Waals surface area (Å²) in [7, 11) is 0. The molecule has 136 valence electrons. The Morgan fingerprint density at radius 1 is 1.00 bits per heavy atom. The molecule has 1 aromatic heterocycles. The number of hydrogen-bond acceptors (Lipinski definition) is 4. The van der Waals surface area contributed by atoms with Gasteiger partial charge in [0.1, 0.15) is 0 Å². The molecule has 0 spiro atoms. The molecule has 1 aromatic carbocycles. The van der Waals surface area contributed by atoms with Gasteiger partial charge in [-0.2, -0.15) is 11.3 Å². The Bertz CT molecular complexity index is 757. The molecule has 0 aliphatic carbocycles. The first-order valence-electron chi connectivity index (χ1n) is 7.94. The summed E-state index contributed by atoms with van der Waals surface area (Å²) in [6, 6.07) is 8.13. The van der Waals surface area contributed by atoms with E-state index in [1.807, 2.05) is 5.38 Å². The lowest BCUT2D eigenvalue weighted by Gasteiger charge is -2.09. The molecule has 0 atom stereocenters. The highest BCUT2D eigenvalue weighted by atomic mass is 32.1. The van der Waals surface area contributed by atoms with Crippen LogP contribution in [0.3, 0.4) is 0 Å². The van der Waals surface area contributed by atoms with E-state index in [0.29, 0.717) is 23.5 Å². The minimum absolute atomic E-state index is 0.167. The van der Waals surface area contributed by atoms with Crippen molar-refractivity contribution in [2.24, 2.45) is 0 Å². The van der Waals surface area contributed by atoms with Crippen LogP contribution in [0.25, 0.3) is 0 Å². The van der Waals surface area contributed by atoms with Crippen LogP contribution in [0.15, 0.2) is 53.7 Å². The Morgan fingerprint density at radius 2 is 1.69 bits per heavy atom. The van der Waals surface area contributed by atoms with E-state index in [1.54, 1.807) is 41.8 Å². The third-order valence-electron chi connectivity index (χ3n) is 3.25. The van der Waals surface area contributed by atoms with Crippen molar-refractivity contribution in [3.63, 3.8) is 0 Å². The molecule has 26 heavy (non-hydrogen) atoms. The first-order valence-corrected chi connectivity index (χ1v) is 8.89. The summed E-state index contributed by atoms with van der Waals surface area (Å²) in [4.78, 5) is 35.2. The monoisotopic (exact) mass is 372 g/mol. The van der Waals surface area contributed by atoms with Crippen molar-refractivity contribution in [1.29, 1.82) is 0 Å². The van der Waals surface area contributed by atoms with Crippen molar-refractivity contribution >= 4 is 40.6 Å². The van der Waals surface area contributed by atoms with Gasteiger partial charge in [-0.05, 0) is 35.7 Å². The maximum atomic E-state index is 11.9. The van der Waals surface area contributed by atoms with E-state index in [-0.39, 0.29) is 30.8 Å². The summed E-state index contributed by atoms with van der Waals surface area (Å²) in [6.45, 7) is 4.15. The average Bonchev–Trinajstić information content (AvgIpc) is 3.16. The first kappa shape index (κ1) is 19.2. The van der Waals surface area contributed by atoms with Crippen LogP contribution in [0.2, 0.25) is 0 Å². The summed E-state index contributed by atoms with van der Waals surface area (Å²) in [6.07, 6.45) is 1.75. The lowest BCUT2D eigenvalue weighted by molar-refractivity contribution is -0.116. The van der Waals surface area contributed by atoms with Gasteiger partial charge in [-0.1, -0.05) is 6.08 Å². The van der Waals surface area contributed by atoms with Gasteiger partial charge in [-0.15, -0.1) is 6.58 Å². The fourth-order valence-electron chi connectivity index (χ4n) is 1.99. The van der Waals surface area contributed by atoms with Gasteiger partial charge in [-0.25, -0.2) is 4.79 Å². The van der Waals surface area contributed by atoms with Gasteiger partial charge in [0.15, 0.2) is 0 Å². The molecule has 7 nitrogen and oxygen atoms in total. The van der Waals surface area contributed by atoms with Gasteiger partial charge in [0.25, 0.3) is 5.91 Å². The molecule has 8 heteroatoms. The predicted octanol–water partition coefficient (Wildman–Crippen LogP) is 2.81. The molecule has 0 saturated carbocycles. The van der Waals surface area contributed by atoms with Gasteiger partial charge in [0.05, 0.1) is 0 Å². The van der Waals surface area contributed by atoms with Gasteiger partial charge >= 0.3 is 6.03 Å². The molecule has 0 unspecified atom stereocenters. The maximum Gasteiger partial charge on any atom is 0.319 e. The number of hydrogen-bond donors (Lipinski definition) is 4. The van der Waals surface area contributed by atoms with Crippen LogP contribution in [-0.2, 0) is 4.79 Å². The molecule has 0 aliphatic rings. The third-order valence-corrected chi connectivity index (χ3v) is 3.94. The number of nitrogens with one attached hydrogen (secondary N) is 4. The second-order valence-corrected chi connectivity index (χ2v) is 6.05. The van der Waals surface area contributed by atoms with Gasteiger partial charge in [0, 0.05) is 41.8 Å². The van der Waals surface area contributed by atoms with E-state index in [0.717, 1.165) is 0 Å². The van der Waals surface area contributed by atoms with Crippen LogP contribution in [-0.4, -0.2) is 30.9 Å². The zero-order valence-corrected chi connectivity index (χ0v) is 14.9. The van der Waals surface area contributed by atoms with Crippen molar-refractivity contribution in [1.82, 2.24) is 10.6 Å². The molecular formula is C18H20N4O3S. The Hall–Kier alpha value is -3.13. The third kappa shape index (κ3) is 6.40. The van der Waals surface area contributed by atoms with E-state index >= 15 is 0 Å². The summed E-state index contributed by atoms with van der Waals surface area (Å²) in [5.74, 6) is -0.399. The summed E-state index contributed by atoms with van der Waals surface area (Å²) in [5, 5.41) is 14.3. The number of benzene rings is 1. The Labute approximate surface area is 155 Å². The summed E-state index contributed by atoms with van der Waals surface area (Å²) in [5.41, 5.74) is 1.81. The standard InChI is InChI=1S/C18H20N4O3S/c1-2-9-20-18(25)22-15-5-3-14(4-6-15)21-16(23)7-10-19-17(24)13-8-11-26-12-13/h2-6,8,11-12H,1,7,9-10H2,(H,19,24)(H,21,23)(H2,20,22,25). The van der Waals surface area contributed by atoms with E-state index in [9.17, 15) is 14.4 Å². The largest absolute Gasteiger partial charge is 0.351 e. The normalized spacial score (nSPS) is 9.85. The molecule has 0 fully saturated rings. The fraction of sp³-hybridized carbons (Fsp3) is 0.167. The van der Waals surface area contributed by atoms with E-state index < -0.39 is 0 Å². The molecule has 2 aromatic rings. The summed E-state index contributed by atoms with van der Waals surface area (Å²) >= 11 is 1.44. The smallest absolute Gasteiger partial charge is 0.319 e. The number of carbonyl (C=O) groups excluding carboxylic acids is 3. The predicted molar refractivity (Wildman–Crippen MR) is 104 cm³/mol. The molecule has 2 rings (SSSR count). The van der Waals surface area contributed by atoms with E-state index in [1.165, 1.54) is 11.3 Å². The van der Waals surface area contributed by atoms with Gasteiger partial charge < -0.3 is 21.3 Å². The molecular weight excluding hydrogens is 352 g/mol. The number of thiophene rings is 1. The van der Waals surface area contributed by atoms with Gasteiger partial charge in [-0.3, -0.25) is 9.59 Å². The summed E-state index contributed by atoms with van der Waals surface area (Å²) < 4.78 is 0. The van der Waals surface area contributed by atoms with Crippen molar-refractivity contribution in [2.45, 2.75) is 6.42 Å². The quantitative estimate of drug-likeness (QED) is 0.536. The van der Waals surface area contributed by atoms with Crippen LogP contribution in [0.4, 0.5) is 16.2 Å². The molecule has 0 radical (unpaired) electrons. The van der Waals surface area contributed by atoms with Crippen LogP contribution in [0.5, 0.6) is 0 Å². The van der Waals surface area contributed by atoms with Crippen LogP contribution < -0.4 is 21.3 Å². The van der Waals surface area contributed by atoms with Crippen LogP contribution in [0.1, 0.15) is 16.8 Å². The molecule has 0 bridgehead atoms.